The molecule has 2 aromatic rings. The molecule has 1 unspecified atom stereocenters. The normalized spacial score (nSPS) is 12.2. The van der Waals surface area contributed by atoms with Crippen molar-refractivity contribution in [3.8, 4) is 5.75 Å². The highest BCUT2D eigenvalue weighted by atomic mass is 19.1. The fourth-order valence-corrected chi connectivity index (χ4v) is 2.53. The van der Waals surface area contributed by atoms with Gasteiger partial charge in [0.2, 0.25) is 0 Å². The maximum atomic E-state index is 14.0. The van der Waals surface area contributed by atoms with E-state index < -0.39 is 0 Å². The minimum Gasteiger partial charge on any atom is -0.486 e. The highest BCUT2D eigenvalue weighted by molar-refractivity contribution is 5.36. The first-order valence-corrected chi connectivity index (χ1v) is 7.18. The zero-order chi connectivity index (χ0) is 15.4. The molecule has 0 amide bonds. The van der Waals surface area contributed by atoms with Gasteiger partial charge in [0.15, 0.2) is 11.6 Å². The minimum atomic E-state index is -0.336. The first-order chi connectivity index (χ1) is 9.95. The highest BCUT2D eigenvalue weighted by Gasteiger charge is 2.11. The zero-order valence-electron chi connectivity index (χ0n) is 12.8. The summed E-state index contributed by atoms with van der Waals surface area (Å²) in [5.74, 6) is -0.0218. The van der Waals surface area contributed by atoms with Crippen LogP contribution in [0.3, 0.4) is 0 Å². The van der Waals surface area contributed by atoms with Gasteiger partial charge in [-0.3, -0.25) is 0 Å². The van der Waals surface area contributed by atoms with Gasteiger partial charge in [-0.2, -0.15) is 0 Å². The number of para-hydroxylation sites is 1. The van der Waals surface area contributed by atoms with Crippen LogP contribution in [0.15, 0.2) is 36.4 Å². The van der Waals surface area contributed by atoms with Gasteiger partial charge in [0.1, 0.15) is 6.61 Å². The van der Waals surface area contributed by atoms with E-state index in [1.807, 2.05) is 26.8 Å². The number of benzene rings is 2. The Balaban J connectivity index is 2.19. The number of halogens is 1. The molecule has 0 aliphatic carbocycles. The summed E-state index contributed by atoms with van der Waals surface area (Å²) in [6.45, 7) is 6.34. The van der Waals surface area contributed by atoms with E-state index in [4.69, 9.17) is 10.5 Å². The van der Waals surface area contributed by atoms with Crippen molar-refractivity contribution in [3.05, 3.63) is 64.5 Å². The van der Waals surface area contributed by atoms with Crippen LogP contribution in [0.5, 0.6) is 5.75 Å². The Morgan fingerprint density at radius 1 is 1.14 bits per heavy atom. The van der Waals surface area contributed by atoms with Gasteiger partial charge in [0.25, 0.3) is 0 Å². The van der Waals surface area contributed by atoms with E-state index in [9.17, 15) is 4.39 Å². The molecular formula is C18H22FNO. The Morgan fingerprint density at radius 3 is 2.43 bits per heavy atom. The Morgan fingerprint density at radius 2 is 1.81 bits per heavy atom. The first kappa shape index (κ1) is 15.5. The molecule has 0 fully saturated rings. The van der Waals surface area contributed by atoms with Gasteiger partial charge in [-0.1, -0.05) is 41.5 Å². The summed E-state index contributed by atoms with van der Waals surface area (Å²) in [5.41, 5.74) is 10.0. The molecule has 2 aromatic carbocycles. The topological polar surface area (TPSA) is 35.2 Å². The molecule has 3 heteroatoms. The van der Waals surface area contributed by atoms with Crippen molar-refractivity contribution >= 4 is 0 Å². The molecule has 0 aromatic heterocycles. The monoisotopic (exact) mass is 287 g/mol. The molecule has 0 saturated carbocycles. The fourth-order valence-electron chi connectivity index (χ4n) is 2.53. The molecule has 0 radical (unpaired) electrons. The Bertz CT molecular complexity index is 602. The molecule has 0 aliphatic rings. The number of hydrogen-bond acceptors (Lipinski definition) is 2. The van der Waals surface area contributed by atoms with Gasteiger partial charge in [-0.15, -0.1) is 0 Å². The minimum absolute atomic E-state index is 0.0321. The first-order valence-electron chi connectivity index (χ1n) is 7.18. The Kier molecular flexibility index (Phi) is 4.97. The maximum Gasteiger partial charge on any atom is 0.165 e. The maximum absolute atomic E-state index is 14.0. The average molecular weight is 287 g/mol. The summed E-state index contributed by atoms with van der Waals surface area (Å²) in [7, 11) is 0. The third kappa shape index (κ3) is 4.30. The van der Waals surface area contributed by atoms with Gasteiger partial charge in [0, 0.05) is 6.04 Å². The molecule has 1 atom stereocenters. The summed E-state index contributed by atoms with van der Waals surface area (Å²) in [6.07, 6.45) is 0.597. The van der Waals surface area contributed by atoms with E-state index in [2.05, 4.69) is 18.2 Å². The Labute approximate surface area is 125 Å². The number of ether oxygens (including phenoxy) is 1. The number of rotatable bonds is 5. The number of nitrogens with two attached hydrogens (primary N) is 1. The molecule has 2 rings (SSSR count). The van der Waals surface area contributed by atoms with Gasteiger partial charge in [-0.25, -0.2) is 4.39 Å². The quantitative estimate of drug-likeness (QED) is 0.905. The van der Waals surface area contributed by atoms with Crippen LogP contribution >= 0.6 is 0 Å². The summed E-state index contributed by atoms with van der Waals surface area (Å²) in [4.78, 5) is 0. The predicted molar refractivity (Wildman–Crippen MR) is 84.0 cm³/mol. The van der Waals surface area contributed by atoms with Crippen LogP contribution in [0, 0.1) is 19.7 Å². The van der Waals surface area contributed by atoms with Crippen LogP contribution in [0.2, 0.25) is 0 Å². The van der Waals surface area contributed by atoms with E-state index in [0.717, 1.165) is 11.1 Å². The summed E-state index contributed by atoms with van der Waals surface area (Å²) < 4.78 is 19.7. The second-order valence-electron chi connectivity index (χ2n) is 5.69. The van der Waals surface area contributed by atoms with Crippen molar-refractivity contribution < 1.29 is 9.13 Å². The number of hydrogen-bond donors (Lipinski definition) is 1. The second-order valence-corrected chi connectivity index (χ2v) is 5.69. The lowest BCUT2D eigenvalue weighted by atomic mass is 10.1. The number of aryl methyl sites for hydroxylation is 2. The molecule has 2 N–H and O–H groups in total. The van der Waals surface area contributed by atoms with Crippen LogP contribution in [0.4, 0.5) is 4.39 Å². The standard InChI is InChI=1S/C18H22FNO/c1-12-7-13(2)9-15(8-12)11-21-18-16(10-14(3)20)5-4-6-17(18)19/h4-9,14H,10-11,20H2,1-3H3. The average Bonchev–Trinajstić information content (AvgIpc) is 2.36. The lowest BCUT2D eigenvalue weighted by Crippen LogP contribution is -2.18. The van der Waals surface area contributed by atoms with Crippen LogP contribution < -0.4 is 10.5 Å². The molecule has 0 aliphatic heterocycles. The summed E-state index contributed by atoms with van der Waals surface area (Å²) in [5, 5.41) is 0. The lowest BCUT2D eigenvalue weighted by molar-refractivity contribution is 0.286. The van der Waals surface area contributed by atoms with Crippen molar-refractivity contribution in [3.63, 3.8) is 0 Å². The zero-order valence-corrected chi connectivity index (χ0v) is 12.8. The van der Waals surface area contributed by atoms with Crippen molar-refractivity contribution in [1.82, 2.24) is 0 Å². The smallest absolute Gasteiger partial charge is 0.165 e. The third-order valence-corrected chi connectivity index (χ3v) is 3.26. The van der Waals surface area contributed by atoms with Gasteiger partial charge < -0.3 is 10.5 Å². The molecular weight excluding hydrogens is 265 g/mol. The summed E-state index contributed by atoms with van der Waals surface area (Å²) >= 11 is 0. The Hall–Kier alpha value is -1.87. The van der Waals surface area contributed by atoms with Gasteiger partial charge in [0.05, 0.1) is 0 Å². The largest absolute Gasteiger partial charge is 0.486 e. The van der Waals surface area contributed by atoms with E-state index >= 15 is 0 Å². The van der Waals surface area contributed by atoms with E-state index in [1.165, 1.54) is 17.2 Å². The second kappa shape index (κ2) is 6.72. The van der Waals surface area contributed by atoms with Crippen molar-refractivity contribution in [2.45, 2.75) is 39.8 Å². The van der Waals surface area contributed by atoms with Crippen molar-refractivity contribution in [1.29, 1.82) is 0 Å². The van der Waals surface area contributed by atoms with Crippen molar-refractivity contribution in [2.75, 3.05) is 0 Å². The lowest BCUT2D eigenvalue weighted by Gasteiger charge is -2.14. The summed E-state index contributed by atoms with van der Waals surface area (Å²) in [6, 6.07) is 11.2. The van der Waals surface area contributed by atoms with E-state index in [-0.39, 0.29) is 11.9 Å². The van der Waals surface area contributed by atoms with Crippen LogP contribution in [-0.4, -0.2) is 6.04 Å². The van der Waals surface area contributed by atoms with E-state index in [0.29, 0.717) is 18.8 Å². The third-order valence-electron chi connectivity index (χ3n) is 3.26. The molecule has 0 bridgehead atoms. The van der Waals surface area contributed by atoms with Gasteiger partial charge >= 0.3 is 0 Å². The molecule has 21 heavy (non-hydrogen) atoms. The molecule has 112 valence electrons. The molecule has 2 nitrogen and oxygen atoms in total. The molecule has 0 spiro atoms. The fraction of sp³-hybridized carbons (Fsp3) is 0.333. The molecule has 0 heterocycles. The van der Waals surface area contributed by atoms with Crippen LogP contribution in [0.1, 0.15) is 29.2 Å². The van der Waals surface area contributed by atoms with Crippen molar-refractivity contribution in [2.24, 2.45) is 5.73 Å². The van der Waals surface area contributed by atoms with Crippen LogP contribution in [-0.2, 0) is 13.0 Å². The predicted octanol–water partition coefficient (Wildman–Crippen LogP) is 3.91. The SMILES string of the molecule is Cc1cc(C)cc(COc2c(F)cccc2CC(C)N)c1. The van der Waals surface area contributed by atoms with Crippen LogP contribution in [0.25, 0.3) is 0 Å². The van der Waals surface area contributed by atoms with Gasteiger partial charge in [-0.05, 0) is 44.4 Å². The van der Waals surface area contributed by atoms with E-state index in [1.54, 1.807) is 6.07 Å². The highest BCUT2D eigenvalue weighted by Crippen LogP contribution is 2.25. The molecule has 0 saturated heterocycles.